The highest BCUT2D eigenvalue weighted by Gasteiger charge is 2.26. The summed E-state index contributed by atoms with van der Waals surface area (Å²) in [6, 6.07) is 16.8. The standard InChI is InChI=1S/C26H27N3OS3/c1-17-9-11-18(12-10-17)31-15-5-8-23(30)28-26-24(19-13-14-29(2)16-22(19)33-26)25-27-20-6-3-4-7-21(20)32-25/h3-4,6-7,9-12H,5,8,13-16H2,1-2H3,(H,28,30). The Morgan fingerprint density at radius 3 is 2.79 bits per heavy atom. The first-order valence-corrected chi connectivity index (χ1v) is 13.9. The monoisotopic (exact) mass is 493 g/mol. The number of nitrogens with one attached hydrogen (secondary N) is 1. The highest BCUT2D eigenvalue weighted by molar-refractivity contribution is 7.99. The van der Waals surface area contributed by atoms with Crippen molar-refractivity contribution >= 4 is 55.6 Å². The Kier molecular flexibility index (Phi) is 6.83. The number of hydrogen-bond donors (Lipinski definition) is 1. The molecule has 4 aromatic rings. The fourth-order valence-electron chi connectivity index (χ4n) is 4.07. The number of carbonyl (C=O) groups excluding carboxylic acids is 1. The molecule has 2 aromatic heterocycles. The van der Waals surface area contributed by atoms with Crippen LogP contribution in [0.3, 0.4) is 0 Å². The van der Waals surface area contributed by atoms with E-state index < -0.39 is 0 Å². The first kappa shape index (κ1) is 22.6. The van der Waals surface area contributed by atoms with Crippen molar-refractivity contribution in [2.45, 2.75) is 37.6 Å². The molecule has 4 nitrogen and oxygen atoms in total. The highest BCUT2D eigenvalue weighted by Crippen LogP contribution is 2.45. The molecule has 1 amide bonds. The Hall–Kier alpha value is -2.19. The van der Waals surface area contributed by atoms with Crippen molar-refractivity contribution in [2.75, 3.05) is 24.7 Å². The molecule has 1 aliphatic heterocycles. The summed E-state index contributed by atoms with van der Waals surface area (Å²) < 4.78 is 1.19. The molecule has 0 unspecified atom stereocenters. The van der Waals surface area contributed by atoms with Crippen LogP contribution in [0.1, 0.15) is 28.8 Å². The molecular weight excluding hydrogens is 467 g/mol. The summed E-state index contributed by atoms with van der Waals surface area (Å²) in [5, 5.41) is 5.23. The molecule has 1 N–H and O–H groups in total. The second-order valence-electron chi connectivity index (χ2n) is 8.50. The number of aryl methyl sites for hydroxylation is 1. The summed E-state index contributed by atoms with van der Waals surface area (Å²) in [5.74, 6) is 1.03. The number of hydrogen-bond acceptors (Lipinski definition) is 6. The summed E-state index contributed by atoms with van der Waals surface area (Å²) in [4.78, 5) is 22.7. The van der Waals surface area contributed by atoms with Crippen LogP contribution in [-0.2, 0) is 17.8 Å². The maximum atomic E-state index is 12.9. The molecule has 3 heterocycles. The molecule has 0 atom stereocenters. The van der Waals surface area contributed by atoms with E-state index in [2.05, 4.69) is 66.7 Å². The quantitative estimate of drug-likeness (QED) is 0.226. The molecule has 0 aliphatic carbocycles. The van der Waals surface area contributed by atoms with Crippen molar-refractivity contribution < 1.29 is 4.79 Å². The molecule has 0 radical (unpaired) electrons. The summed E-state index contributed by atoms with van der Waals surface area (Å²) in [6.07, 6.45) is 2.38. The largest absolute Gasteiger partial charge is 0.317 e. The van der Waals surface area contributed by atoms with Gasteiger partial charge >= 0.3 is 0 Å². The van der Waals surface area contributed by atoms with Crippen LogP contribution >= 0.6 is 34.4 Å². The lowest BCUT2D eigenvalue weighted by atomic mass is 10.0. The first-order valence-electron chi connectivity index (χ1n) is 11.2. The van der Waals surface area contributed by atoms with Gasteiger partial charge in [-0.25, -0.2) is 4.98 Å². The Bertz CT molecular complexity index is 1240. The van der Waals surface area contributed by atoms with Crippen molar-refractivity contribution in [3.8, 4) is 10.6 Å². The Balaban J connectivity index is 1.31. The fraction of sp³-hybridized carbons (Fsp3) is 0.308. The van der Waals surface area contributed by atoms with Crippen molar-refractivity contribution in [3.63, 3.8) is 0 Å². The maximum Gasteiger partial charge on any atom is 0.225 e. The van der Waals surface area contributed by atoms with Gasteiger partial charge < -0.3 is 10.2 Å². The molecule has 170 valence electrons. The van der Waals surface area contributed by atoms with Crippen molar-refractivity contribution in [1.82, 2.24) is 9.88 Å². The van der Waals surface area contributed by atoms with Gasteiger partial charge in [0.2, 0.25) is 5.91 Å². The van der Waals surface area contributed by atoms with E-state index in [9.17, 15) is 4.79 Å². The van der Waals surface area contributed by atoms with E-state index in [4.69, 9.17) is 4.98 Å². The number of anilines is 1. The van der Waals surface area contributed by atoms with Gasteiger partial charge in [0.05, 0.1) is 10.2 Å². The van der Waals surface area contributed by atoms with E-state index in [1.165, 1.54) is 25.6 Å². The number of thioether (sulfide) groups is 1. The minimum absolute atomic E-state index is 0.0915. The smallest absolute Gasteiger partial charge is 0.225 e. The van der Waals surface area contributed by atoms with E-state index in [1.807, 2.05) is 17.8 Å². The average molecular weight is 494 g/mol. The van der Waals surface area contributed by atoms with E-state index in [0.717, 1.165) is 52.8 Å². The average Bonchev–Trinajstić information content (AvgIpc) is 3.38. The summed E-state index contributed by atoms with van der Waals surface area (Å²) >= 11 is 5.25. The molecule has 33 heavy (non-hydrogen) atoms. The van der Waals surface area contributed by atoms with E-state index in [-0.39, 0.29) is 5.91 Å². The summed E-state index contributed by atoms with van der Waals surface area (Å²) in [5.41, 5.74) is 4.80. The zero-order chi connectivity index (χ0) is 22.8. The van der Waals surface area contributed by atoms with Crippen molar-refractivity contribution in [3.05, 3.63) is 64.5 Å². The summed E-state index contributed by atoms with van der Waals surface area (Å²) in [6.45, 7) is 4.06. The fourth-order valence-corrected chi connectivity index (χ4v) is 7.38. The summed E-state index contributed by atoms with van der Waals surface area (Å²) in [7, 11) is 2.16. The lowest BCUT2D eigenvalue weighted by molar-refractivity contribution is -0.116. The number of thiophene rings is 1. The Morgan fingerprint density at radius 2 is 1.97 bits per heavy atom. The third kappa shape index (κ3) is 5.17. The predicted octanol–water partition coefficient (Wildman–Crippen LogP) is 6.83. The van der Waals surface area contributed by atoms with Gasteiger partial charge in [0.15, 0.2) is 0 Å². The molecule has 0 saturated carbocycles. The minimum Gasteiger partial charge on any atom is -0.317 e. The molecule has 7 heteroatoms. The van der Waals surface area contributed by atoms with Crippen LogP contribution in [0.5, 0.6) is 0 Å². The van der Waals surface area contributed by atoms with Crippen molar-refractivity contribution in [2.24, 2.45) is 0 Å². The lowest BCUT2D eigenvalue weighted by Crippen LogP contribution is -2.25. The van der Waals surface area contributed by atoms with Crippen LogP contribution in [0.15, 0.2) is 53.4 Å². The van der Waals surface area contributed by atoms with E-state index >= 15 is 0 Å². The van der Waals surface area contributed by atoms with Crippen LogP contribution in [0.25, 0.3) is 20.8 Å². The molecule has 0 saturated heterocycles. The van der Waals surface area contributed by atoms with E-state index in [1.54, 1.807) is 22.7 Å². The highest BCUT2D eigenvalue weighted by atomic mass is 32.2. The van der Waals surface area contributed by atoms with Gasteiger partial charge in [-0.1, -0.05) is 29.8 Å². The number of thiazole rings is 1. The molecule has 2 aromatic carbocycles. The van der Waals surface area contributed by atoms with Gasteiger partial charge in [-0.15, -0.1) is 34.4 Å². The zero-order valence-corrected chi connectivity index (χ0v) is 21.3. The number of carbonyl (C=O) groups is 1. The van der Waals surface area contributed by atoms with E-state index in [0.29, 0.717) is 6.42 Å². The van der Waals surface area contributed by atoms with Crippen molar-refractivity contribution in [1.29, 1.82) is 0 Å². The second-order valence-corrected chi connectivity index (χ2v) is 11.8. The van der Waals surface area contributed by atoms with Crippen LogP contribution in [0.4, 0.5) is 5.00 Å². The zero-order valence-electron chi connectivity index (χ0n) is 18.9. The predicted molar refractivity (Wildman–Crippen MR) is 143 cm³/mol. The van der Waals surface area contributed by atoms with Gasteiger partial charge in [-0.05, 0) is 62.4 Å². The number of para-hydroxylation sites is 1. The number of amides is 1. The van der Waals surface area contributed by atoms with Crippen LogP contribution in [0.2, 0.25) is 0 Å². The first-order chi connectivity index (χ1) is 16.1. The number of benzene rings is 2. The normalized spacial score (nSPS) is 13.9. The Morgan fingerprint density at radius 1 is 1.15 bits per heavy atom. The topological polar surface area (TPSA) is 45.2 Å². The number of likely N-dealkylation sites (N-methyl/N-ethyl adjacent to an activating group) is 1. The molecule has 1 aliphatic rings. The van der Waals surface area contributed by atoms with Gasteiger partial charge in [0, 0.05) is 34.8 Å². The van der Waals surface area contributed by atoms with Gasteiger partial charge in [0.1, 0.15) is 10.0 Å². The number of nitrogens with zero attached hydrogens (tertiary/aromatic N) is 2. The van der Waals surface area contributed by atoms with Crippen LogP contribution < -0.4 is 5.32 Å². The van der Waals surface area contributed by atoms with Crippen LogP contribution in [0, 0.1) is 6.92 Å². The number of rotatable bonds is 7. The molecular formula is C26H27N3OS3. The third-order valence-electron chi connectivity index (χ3n) is 5.85. The lowest BCUT2D eigenvalue weighted by Gasteiger charge is -2.22. The number of aromatic nitrogens is 1. The second kappa shape index (κ2) is 9.97. The minimum atomic E-state index is 0.0915. The number of fused-ring (bicyclic) bond motifs is 2. The molecule has 0 bridgehead atoms. The molecule has 0 spiro atoms. The van der Waals surface area contributed by atoms with Crippen LogP contribution in [-0.4, -0.2) is 35.1 Å². The van der Waals surface area contributed by atoms with Gasteiger partial charge in [-0.2, -0.15) is 0 Å². The molecule has 5 rings (SSSR count). The SMILES string of the molecule is Cc1ccc(SCCCC(=O)Nc2sc3c(c2-c2nc4ccccc4s2)CCN(C)C3)cc1. The third-order valence-corrected chi connectivity index (χ3v) is 9.13. The molecule has 0 fully saturated rings. The van der Waals surface area contributed by atoms with Gasteiger partial charge in [-0.3, -0.25) is 4.79 Å². The maximum absolute atomic E-state index is 12.9. The Labute approximate surface area is 207 Å². The van der Waals surface area contributed by atoms with Gasteiger partial charge in [0.25, 0.3) is 0 Å².